The highest BCUT2D eigenvalue weighted by atomic mass is 19.4. The lowest BCUT2D eigenvalue weighted by molar-refractivity contribution is -0.155. The van der Waals surface area contributed by atoms with Crippen LogP contribution in [0.4, 0.5) is 26.3 Å². The van der Waals surface area contributed by atoms with E-state index in [9.17, 15) is 31.4 Å². The summed E-state index contributed by atoms with van der Waals surface area (Å²) in [7, 11) is 3.14. The van der Waals surface area contributed by atoms with Crippen LogP contribution in [0.25, 0.3) is 10.4 Å². The maximum atomic E-state index is 12.7. The molecule has 0 aromatic heterocycles. The standard InChI is InChI=1S/C14H17F3N4O.C14H18F3NO2/c1-9-11-4-3-10(7-22-2)5-12(11)13(19-20-18)6-21(9)8-14(15,16)17;1-9-11-4-3-10(7-20-2)5-12(11)13(19)6-18(9)8-14(15,16)17/h3-5,9,13H,6-8H2,1-2H3;3-5,9,13,19H,6-8H2,1-2H3. The number of aliphatic hydroxyl groups excluding tert-OH is 1. The molecule has 2 aromatic carbocycles. The molecule has 0 radical (unpaired) electrons. The minimum atomic E-state index is -4.29. The topological polar surface area (TPSA) is 93.9 Å². The van der Waals surface area contributed by atoms with Crippen LogP contribution in [0.15, 0.2) is 41.5 Å². The highest BCUT2D eigenvalue weighted by Gasteiger charge is 2.39. The van der Waals surface area contributed by atoms with Gasteiger partial charge in [0, 0.05) is 44.3 Å². The minimum absolute atomic E-state index is 0.00981. The number of benzene rings is 2. The summed E-state index contributed by atoms with van der Waals surface area (Å²) in [6.45, 7) is 2.28. The van der Waals surface area contributed by atoms with Crippen molar-refractivity contribution in [3.8, 4) is 0 Å². The van der Waals surface area contributed by atoms with Crippen molar-refractivity contribution in [3.63, 3.8) is 0 Å². The summed E-state index contributed by atoms with van der Waals surface area (Å²) in [6, 6.07) is 9.48. The smallest absolute Gasteiger partial charge is 0.387 e. The highest BCUT2D eigenvalue weighted by molar-refractivity contribution is 5.39. The molecule has 0 fully saturated rings. The number of β-amino-alcohol motifs (C(OH)–C–C–N with tert-alkyl or cyclic N) is 1. The molecule has 0 amide bonds. The van der Waals surface area contributed by atoms with E-state index in [1.807, 2.05) is 24.3 Å². The quantitative estimate of drug-likeness (QED) is 0.160. The van der Waals surface area contributed by atoms with E-state index in [0.717, 1.165) is 27.8 Å². The zero-order chi connectivity index (χ0) is 31.2. The van der Waals surface area contributed by atoms with E-state index in [1.165, 1.54) is 9.80 Å². The fourth-order valence-electron chi connectivity index (χ4n) is 5.47. The predicted octanol–water partition coefficient (Wildman–Crippen LogP) is 6.93. The summed E-state index contributed by atoms with van der Waals surface area (Å²) in [5, 5.41) is 13.8. The molecule has 14 heteroatoms. The second kappa shape index (κ2) is 14.1. The number of rotatable bonds is 7. The van der Waals surface area contributed by atoms with Gasteiger partial charge in [-0.2, -0.15) is 26.3 Å². The molecule has 0 aliphatic carbocycles. The van der Waals surface area contributed by atoms with Crippen LogP contribution >= 0.6 is 0 Å². The lowest BCUT2D eigenvalue weighted by Gasteiger charge is -2.38. The number of azide groups is 1. The summed E-state index contributed by atoms with van der Waals surface area (Å²) in [6.07, 6.45) is -9.45. The van der Waals surface area contributed by atoms with Crippen LogP contribution in [0, 0.1) is 0 Å². The summed E-state index contributed by atoms with van der Waals surface area (Å²) >= 11 is 0. The molecule has 2 heterocycles. The first-order chi connectivity index (χ1) is 19.7. The van der Waals surface area contributed by atoms with Gasteiger partial charge < -0.3 is 14.6 Å². The van der Waals surface area contributed by atoms with Crippen LogP contribution in [0.1, 0.15) is 71.5 Å². The molecular weight excluding hydrogens is 568 g/mol. The van der Waals surface area contributed by atoms with Crippen molar-refractivity contribution in [2.45, 2.75) is 63.6 Å². The summed E-state index contributed by atoms with van der Waals surface area (Å²) in [5.41, 5.74) is 13.5. The zero-order valence-corrected chi connectivity index (χ0v) is 23.8. The Morgan fingerprint density at radius 2 is 1.26 bits per heavy atom. The SMILES string of the molecule is COCc1ccc2c(c1)C(N=[N+]=[N-])CN(CC(F)(F)F)C2C.COCc1ccc2c(c1)C(O)CN(CC(F)(F)F)C2C. The van der Waals surface area contributed by atoms with Crippen molar-refractivity contribution in [1.29, 1.82) is 0 Å². The van der Waals surface area contributed by atoms with Gasteiger partial charge in [-0.05, 0) is 52.8 Å². The van der Waals surface area contributed by atoms with Crippen LogP contribution in [0.5, 0.6) is 0 Å². The lowest BCUT2D eigenvalue weighted by Crippen LogP contribution is -2.42. The first-order valence-electron chi connectivity index (χ1n) is 13.2. The molecule has 0 spiro atoms. The normalized spacial score (nSPS) is 22.8. The monoisotopic (exact) mass is 603 g/mol. The Balaban J connectivity index is 0.000000231. The van der Waals surface area contributed by atoms with Gasteiger partial charge in [0.2, 0.25) is 0 Å². The summed E-state index contributed by atoms with van der Waals surface area (Å²) in [5.74, 6) is 0. The largest absolute Gasteiger partial charge is 0.401 e. The molecule has 0 saturated heterocycles. The first kappa shape index (κ1) is 33.6. The predicted molar refractivity (Wildman–Crippen MR) is 143 cm³/mol. The van der Waals surface area contributed by atoms with Crippen molar-refractivity contribution >= 4 is 0 Å². The second-order valence-corrected chi connectivity index (χ2v) is 10.5. The Morgan fingerprint density at radius 3 is 1.71 bits per heavy atom. The Morgan fingerprint density at radius 1 is 0.810 bits per heavy atom. The Bertz CT molecular complexity index is 1250. The number of hydrogen-bond donors (Lipinski definition) is 1. The fourth-order valence-corrected chi connectivity index (χ4v) is 5.47. The van der Waals surface area contributed by atoms with Gasteiger partial charge in [-0.25, -0.2) is 0 Å². The minimum Gasteiger partial charge on any atom is -0.387 e. The van der Waals surface area contributed by atoms with Crippen molar-refractivity contribution in [3.05, 3.63) is 80.2 Å². The van der Waals surface area contributed by atoms with Crippen molar-refractivity contribution in [1.82, 2.24) is 9.80 Å². The number of fused-ring (bicyclic) bond motifs is 2. The number of alkyl halides is 6. The number of aliphatic hydroxyl groups is 1. The number of nitrogens with zero attached hydrogens (tertiary/aromatic N) is 5. The van der Waals surface area contributed by atoms with Gasteiger partial charge in [0.1, 0.15) is 0 Å². The van der Waals surface area contributed by atoms with Crippen LogP contribution in [0.2, 0.25) is 0 Å². The lowest BCUT2D eigenvalue weighted by atomic mass is 9.89. The van der Waals surface area contributed by atoms with E-state index < -0.39 is 43.6 Å². The van der Waals surface area contributed by atoms with E-state index in [0.29, 0.717) is 18.8 Å². The van der Waals surface area contributed by atoms with Crippen LogP contribution in [-0.4, -0.2) is 67.7 Å². The molecule has 2 aromatic rings. The highest BCUT2D eigenvalue weighted by Crippen LogP contribution is 2.39. The van der Waals surface area contributed by atoms with Crippen LogP contribution in [-0.2, 0) is 22.7 Å². The molecule has 1 N–H and O–H groups in total. The summed E-state index contributed by atoms with van der Waals surface area (Å²) in [4.78, 5) is 5.32. The van der Waals surface area contributed by atoms with Crippen molar-refractivity contribution < 1.29 is 40.9 Å². The number of ether oxygens (including phenoxy) is 2. The average molecular weight is 604 g/mol. The fraction of sp³-hybridized carbons (Fsp3) is 0.571. The van der Waals surface area contributed by atoms with Gasteiger partial charge in [0.25, 0.3) is 0 Å². The molecule has 232 valence electrons. The first-order valence-corrected chi connectivity index (χ1v) is 13.2. The molecule has 2 aliphatic rings. The van der Waals surface area contributed by atoms with Crippen molar-refractivity contribution in [2.24, 2.45) is 5.11 Å². The Labute approximate surface area is 240 Å². The van der Waals surface area contributed by atoms with Crippen LogP contribution in [0.3, 0.4) is 0 Å². The number of methoxy groups -OCH3 is 2. The molecule has 42 heavy (non-hydrogen) atoms. The molecule has 8 nitrogen and oxygen atoms in total. The maximum absolute atomic E-state index is 12.7. The number of hydrogen-bond acceptors (Lipinski definition) is 6. The zero-order valence-electron chi connectivity index (χ0n) is 23.8. The van der Waals surface area contributed by atoms with E-state index in [-0.39, 0.29) is 19.1 Å². The molecule has 4 atom stereocenters. The third-order valence-electron chi connectivity index (χ3n) is 7.41. The molecule has 4 unspecified atom stereocenters. The summed E-state index contributed by atoms with van der Waals surface area (Å²) < 4.78 is 85.8. The van der Waals surface area contributed by atoms with Gasteiger partial charge in [0.05, 0.1) is 38.4 Å². The van der Waals surface area contributed by atoms with Crippen molar-refractivity contribution in [2.75, 3.05) is 40.4 Å². The van der Waals surface area contributed by atoms with E-state index >= 15 is 0 Å². The third kappa shape index (κ3) is 8.82. The Hall–Kier alpha value is -2.87. The average Bonchev–Trinajstić information content (AvgIpc) is 2.89. The number of halogens is 6. The van der Waals surface area contributed by atoms with Gasteiger partial charge in [-0.15, -0.1) is 0 Å². The van der Waals surface area contributed by atoms with Gasteiger partial charge in [-0.3, -0.25) is 9.80 Å². The second-order valence-electron chi connectivity index (χ2n) is 10.5. The molecule has 2 aliphatic heterocycles. The molecule has 0 saturated carbocycles. The van der Waals surface area contributed by atoms with E-state index in [1.54, 1.807) is 40.2 Å². The molecule has 4 rings (SSSR count). The third-order valence-corrected chi connectivity index (χ3v) is 7.41. The Kier molecular flexibility index (Phi) is 11.3. The van der Waals surface area contributed by atoms with Gasteiger partial charge in [-0.1, -0.05) is 41.5 Å². The maximum Gasteiger partial charge on any atom is 0.401 e. The van der Waals surface area contributed by atoms with E-state index in [4.69, 9.17) is 15.0 Å². The molecular formula is C28H35F6N5O3. The van der Waals surface area contributed by atoms with E-state index in [2.05, 4.69) is 10.0 Å². The molecule has 0 bridgehead atoms. The van der Waals surface area contributed by atoms with Crippen LogP contribution < -0.4 is 0 Å². The van der Waals surface area contributed by atoms with Gasteiger partial charge >= 0.3 is 12.4 Å². The van der Waals surface area contributed by atoms with Gasteiger partial charge in [0.15, 0.2) is 0 Å².